The molecule has 0 radical (unpaired) electrons. The largest absolute Gasteiger partial charge is 0.292 e. The van der Waals surface area contributed by atoms with Crippen LogP contribution in [0.5, 0.6) is 0 Å². The molecule has 3 aromatic rings. The van der Waals surface area contributed by atoms with Crippen LogP contribution in [-0.2, 0) is 0 Å². The zero-order chi connectivity index (χ0) is 15.7. The first-order valence-electron chi connectivity index (χ1n) is 7.51. The van der Waals surface area contributed by atoms with Crippen LogP contribution in [0.15, 0.2) is 48.7 Å². The minimum Gasteiger partial charge on any atom is -0.292 e. The van der Waals surface area contributed by atoms with Crippen LogP contribution in [0.25, 0.3) is 16.9 Å². The van der Waals surface area contributed by atoms with Crippen molar-refractivity contribution >= 4 is 13.7 Å². The van der Waals surface area contributed by atoms with Crippen molar-refractivity contribution in [1.29, 1.82) is 0 Å². The Morgan fingerprint density at radius 3 is 2.41 bits per heavy atom. The van der Waals surface area contributed by atoms with Crippen LogP contribution in [0.2, 0.25) is 19.6 Å². The molecule has 2 aromatic heterocycles. The van der Waals surface area contributed by atoms with E-state index >= 15 is 0 Å². The molecule has 0 amide bonds. The summed E-state index contributed by atoms with van der Waals surface area (Å²) in [7, 11) is -1.44. The van der Waals surface area contributed by atoms with Gasteiger partial charge in [-0.05, 0) is 19.1 Å². The van der Waals surface area contributed by atoms with Gasteiger partial charge in [0.25, 0.3) is 0 Å². The summed E-state index contributed by atoms with van der Waals surface area (Å²) in [5, 5.41) is 0. The molecule has 0 aliphatic heterocycles. The van der Waals surface area contributed by atoms with Gasteiger partial charge >= 0.3 is 0 Å². The minimum absolute atomic E-state index is 0.943. The van der Waals surface area contributed by atoms with E-state index in [1.807, 2.05) is 24.4 Å². The predicted octanol–water partition coefficient (Wildman–Crippen LogP) is 4.54. The van der Waals surface area contributed by atoms with Crippen LogP contribution >= 0.6 is 0 Å². The van der Waals surface area contributed by atoms with Gasteiger partial charge in [0.15, 0.2) is 0 Å². The maximum Gasteiger partial charge on any atom is 0.138 e. The van der Waals surface area contributed by atoms with Crippen molar-refractivity contribution in [2.75, 3.05) is 0 Å². The molecule has 3 heteroatoms. The molecule has 0 N–H and O–H groups in total. The SMILES string of the molecule is Cc1ccc(-c2nc3ccccn3c2C#C[Si](C)(C)C)cc1. The second kappa shape index (κ2) is 5.47. The Morgan fingerprint density at radius 2 is 1.73 bits per heavy atom. The van der Waals surface area contributed by atoms with Gasteiger partial charge in [0.2, 0.25) is 0 Å². The quantitative estimate of drug-likeness (QED) is 0.476. The maximum absolute atomic E-state index is 4.79. The minimum atomic E-state index is -1.44. The van der Waals surface area contributed by atoms with Gasteiger partial charge in [-0.1, -0.05) is 61.5 Å². The van der Waals surface area contributed by atoms with Gasteiger partial charge < -0.3 is 0 Å². The van der Waals surface area contributed by atoms with Gasteiger partial charge in [-0.3, -0.25) is 4.40 Å². The van der Waals surface area contributed by atoms with E-state index in [0.29, 0.717) is 0 Å². The Labute approximate surface area is 132 Å². The summed E-state index contributed by atoms with van der Waals surface area (Å²) in [6.45, 7) is 8.87. The van der Waals surface area contributed by atoms with E-state index in [1.54, 1.807) is 0 Å². The van der Waals surface area contributed by atoms with Crippen molar-refractivity contribution in [2.24, 2.45) is 0 Å². The van der Waals surface area contributed by atoms with Crippen LogP contribution in [-0.4, -0.2) is 17.5 Å². The van der Waals surface area contributed by atoms with Crippen LogP contribution < -0.4 is 0 Å². The van der Waals surface area contributed by atoms with Gasteiger partial charge in [-0.15, -0.1) is 5.54 Å². The molecule has 0 fully saturated rings. The van der Waals surface area contributed by atoms with E-state index < -0.39 is 8.07 Å². The fourth-order valence-electron chi connectivity index (χ4n) is 2.27. The third kappa shape index (κ3) is 2.98. The summed E-state index contributed by atoms with van der Waals surface area (Å²) in [4.78, 5) is 4.79. The highest BCUT2D eigenvalue weighted by Gasteiger charge is 2.13. The van der Waals surface area contributed by atoms with E-state index in [-0.39, 0.29) is 0 Å². The number of fused-ring (bicyclic) bond motifs is 1. The standard InChI is InChI=1S/C19H20N2Si/c1-15-8-10-16(11-9-15)19-17(12-14-22(2,3)4)21-13-6-5-7-18(21)20-19/h5-11,13H,1-4H3. The molecule has 0 saturated carbocycles. The van der Waals surface area contributed by atoms with Gasteiger partial charge in [0, 0.05) is 11.8 Å². The Morgan fingerprint density at radius 1 is 1.00 bits per heavy atom. The summed E-state index contributed by atoms with van der Waals surface area (Å²) in [5.74, 6) is 3.40. The van der Waals surface area contributed by atoms with Crippen molar-refractivity contribution in [3.05, 3.63) is 59.9 Å². The van der Waals surface area contributed by atoms with Crippen LogP contribution in [0.1, 0.15) is 11.3 Å². The summed E-state index contributed by atoms with van der Waals surface area (Å²) in [6, 6.07) is 14.5. The zero-order valence-corrected chi connectivity index (χ0v) is 14.5. The lowest BCUT2D eigenvalue weighted by atomic mass is 10.1. The number of nitrogens with zero attached hydrogens (tertiary/aromatic N) is 2. The van der Waals surface area contributed by atoms with Crippen LogP contribution in [0.3, 0.4) is 0 Å². The van der Waals surface area contributed by atoms with E-state index in [1.165, 1.54) is 5.56 Å². The van der Waals surface area contributed by atoms with Gasteiger partial charge in [0.1, 0.15) is 25.1 Å². The highest BCUT2D eigenvalue weighted by atomic mass is 28.3. The molecular formula is C19H20N2Si. The average Bonchev–Trinajstić information content (AvgIpc) is 2.84. The molecule has 1 aromatic carbocycles. The molecule has 0 aliphatic carbocycles. The fraction of sp³-hybridized carbons (Fsp3) is 0.211. The van der Waals surface area contributed by atoms with Crippen molar-refractivity contribution < 1.29 is 0 Å². The summed E-state index contributed by atoms with van der Waals surface area (Å²) in [6.07, 6.45) is 2.04. The molecule has 110 valence electrons. The lowest BCUT2D eigenvalue weighted by molar-refractivity contribution is 1.16. The molecule has 0 aliphatic rings. The first kappa shape index (κ1) is 14.6. The first-order valence-corrected chi connectivity index (χ1v) is 11.0. The molecule has 0 atom stereocenters. The molecule has 0 bridgehead atoms. The topological polar surface area (TPSA) is 17.3 Å². The lowest BCUT2D eigenvalue weighted by Crippen LogP contribution is -2.16. The van der Waals surface area contributed by atoms with E-state index in [0.717, 1.165) is 22.6 Å². The number of aromatic nitrogens is 2. The number of aryl methyl sites for hydroxylation is 1. The first-order chi connectivity index (χ1) is 10.4. The molecule has 2 nitrogen and oxygen atoms in total. The molecule has 22 heavy (non-hydrogen) atoms. The average molecular weight is 304 g/mol. The molecule has 0 unspecified atom stereocenters. The Hall–Kier alpha value is -2.31. The van der Waals surface area contributed by atoms with Crippen molar-refractivity contribution in [2.45, 2.75) is 26.6 Å². The van der Waals surface area contributed by atoms with E-state index in [4.69, 9.17) is 4.98 Å². The van der Waals surface area contributed by atoms with Crippen molar-refractivity contribution in [3.63, 3.8) is 0 Å². The van der Waals surface area contributed by atoms with E-state index in [2.05, 4.69) is 66.7 Å². The highest BCUT2D eigenvalue weighted by molar-refractivity contribution is 6.83. The van der Waals surface area contributed by atoms with E-state index in [9.17, 15) is 0 Å². The second-order valence-electron chi connectivity index (χ2n) is 6.60. The van der Waals surface area contributed by atoms with Crippen LogP contribution in [0.4, 0.5) is 0 Å². The van der Waals surface area contributed by atoms with Crippen molar-refractivity contribution in [3.8, 4) is 22.7 Å². The number of hydrogen-bond donors (Lipinski definition) is 0. The molecule has 2 heterocycles. The second-order valence-corrected chi connectivity index (χ2v) is 11.4. The maximum atomic E-state index is 4.79. The lowest BCUT2D eigenvalue weighted by Gasteiger charge is -2.04. The smallest absolute Gasteiger partial charge is 0.138 e. The molecule has 0 spiro atoms. The molecule has 0 saturated heterocycles. The number of hydrogen-bond acceptors (Lipinski definition) is 1. The molecule has 3 rings (SSSR count). The molecular weight excluding hydrogens is 284 g/mol. The monoisotopic (exact) mass is 304 g/mol. The summed E-state index contributed by atoms with van der Waals surface area (Å²) >= 11 is 0. The summed E-state index contributed by atoms with van der Waals surface area (Å²) < 4.78 is 2.09. The highest BCUT2D eigenvalue weighted by Crippen LogP contribution is 2.24. The van der Waals surface area contributed by atoms with Gasteiger partial charge in [-0.2, -0.15) is 0 Å². The third-order valence-electron chi connectivity index (χ3n) is 3.41. The normalized spacial score (nSPS) is 11.3. The Bertz CT molecular complexity index is 872. The number of rotatable bonds is 1. The Kier molecular flexibility index (Phi) is 3.64. The Balaban J connectivity index is 2.24. The predicted molar refractivity (Wildman–Crippen MR) is 95.6 cm³/mol. The number of imidazole rings is 1. The number of pyridine rings is 1. The van der Waals surface area contributed by atoms with Gasteiger partial charge in [-0.25, -0.2) is 4.98 Å². The fourth-order valence-corrected chi connectivity index (χ4v) is 2.77. The van der Waals surface area contributed by atoms with Crippen molar-refractivity contribution in [1.82, 2.24) is 9.38 Å². The third-order valence-corrected chi connectivity index (χ3v) is 4.29. The summed E-state index contributed by atoms with van der Waals surface area (Å²) in [5.41, 5.74) is 8.74. The van der Waals surface area contributed by atoms with Gasteiger partial charge in [0.05, 0.1) is 0 Å². The zero-order valence-electron chi connectivity index (χ0n) is 13.5. The number of benzene rings is 1. The van der Waals surface area contributed by atoms with Crippen LogP contribution in [0, 0.1) is 18.4 Å².